The van der Waals surface area contributed by atoms with Gasteiger partial charge in [0.25, 0.3) is 0 Å². The van der Waals surface area contributed by atoms with E-state index >= 15 is 0 Å². The quantitative estimate of drug-likeness (QED) is 0.717. The number of benzene rings is 1. The Hall–Kier alpha value is -1.84. The van der Waals surface area contributed by atoms with Gasteiger partial charge in [-0.3, -0.25) is 4.79 Å². The maximum Gasteiger partial charge on any atom is 0.228 e. The van der Waals surface area contributed by atoms with Crippen LogP contribution in [0.4, 0.5) is 4.39 Å². The third-order valence-electron chi connectivity index (χ3n) is 3.40. The number of hydrogen-bond donors (Lipinski definition) is 2. The summed E-state index contributed by atoms with van der Waals surface area (Å²) >= 11 is 0. The zero-order valence-corrected chi connectivity index (χ0v) is 9.51. The van der Waals surface area contributed by atoms with Gasteiger partial charge in [-0.15, -0.1) is 0 Å². The van der Waals surface area contributed by atoms with E-state index in [-0.39, 0.29) is 17.6 Å². The highest BCUT2D eigenvalue weighted by Crippen LogP contribution is 2.30. The summed E-state index contributed by atoms with van der Waals surface area (Å²) in [4.78, 5) is 14.9. The van der Waals surface area contributed by atoms with Crippen molar-refractivity contribution in [2.75, 3.05) is 6.54 Å². The molecule has 17 heavy (non-hydrogen) atoms. The molecule has 2 N–H and O–H groups in total. The summed E-state index contributed by atoms with van der Waals surface area (Å²) in [6.45, 7) is 2.51. The Labute approximate surface area is 98.0 Å². The van der Waals surface area contributed by atoms with Crippen LogP contribution in [0.1, 0.15) is 24.1 Å². The molecule has 0 unspecified atom stereocenters. The number of carbonyl (C=O) groups is 1. The van der Waals surface area contributed by atoms with Crippen molar-refractivity contribution in [3.63, 3.8) is 0 Å². The van der Waals surface area contributed by atoms with Crippen molar-refractivity contribution in [3.8, 4) is 0 Å². The average molecular weight is 232 g/mol. The summed E-state index contributed by atoms with van der Waals surface area (Å²) in [5.41, 5.74) is 2.82. The van der Waals surface area contributed by atoms with Crippen LogP contribution in [0.5, 0.6) is 0 Å². The lowest BCUT2D eigenvalue weighted by atomic mass is 10.0. The van der Waals surface area contributed by atoms with Gasteiger partial charge in [0, 0.05) is 23.1 Å². The smallest absolute Gasteiger partial charge is 0.228 e. The third-order valence-corrected chi connectivity index (χ3v) is 3.40. The Balaban J connectivity index is 2.26. The second kappa shape index (κ2) is 3.58. The van der Waals surface area contributed by atoms with E-state index in [1.807, 2.05) is 6.92 Å². The molecule has 0 saturated heterocycles. The van der Waals surface area contributed by atoms with Crippen LogP contribution in [0.2, 0.25) is 0 Å². The van der Waals surface area contributed by atoms with Gasteiger partial charge in [-0.1, -0.05) is 0 Å². The fourth-order valence-electron chi connectivity index (χ4n) is 2.48. The number of halogens is 1. The van der Waals surface area contributed by atoms with Gasteiger partial charge in [0.05, 0.1) is 5.92 Å². The molecule has 0 aliphatic carbocycles. The Morgan fingerprint density at radius 3 is 3.06 bits per heavy atom. The minimum atomic E-state index is -0.258. The number of hydrogen-bond acceptors (Lipinski definition) is 1. The second-order valence-electron chi connectivity index (χ2n) is 4.47. The molecule has 3 nitrogen and oxygen atoms in total. The molecule has 0 saturated carbocycles. The molecule has 1 atom stereocenters. The normalized spacial score (nSPS) is 19.9. The van der Waals surface area contributed by atoms with Gasteiger partial charge >= 0.3 is 0 Å². The van der Waals surface area contributed by atoms with E-state index < -0.39 is 0 Å². The van der Waals surface area contributed by atoms with Gasteiger partial charge in [0.2, 0.25) is 5.91 Å². The predicted octanol–water partition coefficient (Wildman–Crippen LogP) is 2.08. The SMILES string of the molecule is C[C@@H]1C(=O)NCCc2c1[nH]c1cc(F)ccc21. The van der Waals surface area contributed by atoms with Crippen molar-refractivity contribution in [2.45, 2.75) is 19.3 Å². The first kappa shape index (κ1) is 10.3. The molecule has 0 fully saturated rings. The maximum atomic E-state index is 13.2. The van der Waals surface area contributed by atoms with Gasteiger partial charge in [0.1, 0.15) is 5.82 Å². The van der Waals surface area contributed by atoms with Crippen LogP contribution in [0, 0.1) is 5.82 Å². The van der Waals surface area contributed by atoms with Crippen molar-refractivity contribution in [1.29, 1.82) is 0 Å². The average Bonchev–Trinajstić information content (AvgIpc) is 2.59. The highest BCUT2D eigenvalue weighted by molar-refractivity contribution is 5.90. The summed E-state index contributed by atoms with van der Waals surface area (Å²) in [5, 5.41) is 3.89. The zero-order chi connectivity index (χ0) is 12.0. The molecule has 3 rings (SSSR count). The van der Waals surface area contributed by atoms with Crippen molar-refractivity contribution >= 4 is 16.8 Å². The Kier molecular flexibility index (Phi) is 2.18. The monoisotopic (exact) mass is 232 g/mol. The van der Waals surface area contributed by atoms with E-state index in [0.717, 1.165) is 28.6 Å². The van der Waals surface area contributed by atoms with Gasteiger partial charge < -0.3 is 10.3 Å². The number of H-pyrrole nitrogens is 1. The topological polar surface area (TPSA) is 44.9 Å². The molecular formula is C13H13FN2O. The summed E-state index contributed by atoms with van der Waals surface area (Å²) in [6, 6.07) is 4.72. The van der Waals surface area contributed by atoms with Crippen LogP contribution >= 0.6 is 0 Å². The molecule has 1 aromatic carbocycles. The minimum Gasteiger partial charge on any atom is -0.357 e. The zero-order valence-electron chi connectivity index (χ0n) is 9.51. The molecular weight excluding hydrogens is 219 g/mol. The number of aromatic amines is 1. The predicted molar refractivity (Wildman–Crippen MR) is 63.4 cm³/mol. The highest BCUT2D eigenvalue weighted by Gasteiger charge is 2.24. The summed E-state index contributed by atoms with van der Waals surface area (Å²) in [5.74, 6) is -0.440. The third kappa shape index (κ3) is 1.52. The molecule has 1 aromatic heterocycles. The number of nitrogens with one attached hydrogen (secondary N) is 2. The fraction of sp³-hybridized carbons (Fsp3) is 0.308. The molecule has 0 bridgehead atoms. The molecule has 1 aliphatic rings. The lowest BCUT2D eigenvalue weighted by Gasteiger charge is -2.06. The fourth-order valence-corrected chi connectivity index (χ4v) is 2.48. The van der Waals surface area contributed by atoms with Crippen LogP contribution in [0.25, 0.3) is 10.9 Å². The van der Waals surface area contributed by atoms with Crippen molar-refractivity contribution in [2.24, 2.45) is 0 Å². The minimum absolute atomic E-state index is 0.0239. The Morgan fingerprint density at radius 1 is 1.41 bits per heavy atom. The summed E-state index contributed by atoms with van der Waals surface area (Å²) in [7, 11) is 0. The number of aromatic nitrogens is 1. The molecule has 0 radical (unpaired) electrons. The van der Waals surface area contributed by atoms with E-state index in [1.165, 1.54) is 12.1 Å². The Bertz CT molecular complexity index is 603. The van der Waals surface area contributed by atoms with E-state index in [1.54, 1.807) is 6.07 Å². The van der Waals surface area contributed by atoms with Gasteiger partial charge in [-0.25, -0.2) is 4.39 Å². The summed E-state index contributed by atoms with van der Waals surface area (Å²) in [6.07, 6.45) is 0.789. The standard InChI is InChI=1S/C13H13FN2O/c1-7-12-10(4-5-15-13(7)17)9-3-2-8(14)6-11(9)16-12/h2-3,6-7,16H,4-5H2,1H3,(H,15,17)/t7-/m0/s1. The lowest BCUT2D eigenvalue weighted by Crippen LogP contribution is -2.27. The van der Waals surface area contributed by atoms with Gasteiger partial charge in [0.15, 0.2) is 0 Å². The van der Waals surface area contributed by atoms with Crippen LogP contribution in [0.3, 0.4) is 0 Å². The molecule has 0 spiro atoms. The number of fused-ring (bicyclic) bond motifs is 3. The van der Waals surface area contributed by atoms with Crippen molar-refractivity contribution < 1.29 is 9.18 Å². The lowest BCUT2D eigenvalue weighted by molar-refractivity contribution is -0.122. The Morgan fingerprint density at radius 2 is 2.24 bits per heavy atom. The largest absolute Gasteiger partial charge is 0.357 e. The number of carbonyl (C=O) groups excluding carboxylic acids is 1. The summed E-state index contributed by atoms with van der Waals surface area (Å²) < 4.78 is 13.2. The molecule has 1 aliphatic heterocycles. The van der Waals surface area contributed by atoms with Gasteiger partial charge in [-0.05, 0) is 37.1 Å². The molecule has 1 amide bonds. The maximum absolute atomic E-state index is 13.2. The van der Waals surface area contributed by atoms with E-state index in [9.17, 15) is 9.18 Å². The second-order valence-corrected chi connectivity index (χ2v) is 4.47. The molecule has 4 heteroatoms. The van der Waals surface area contributed by atoms with Crippen LogP contribution in [-0.4, -0.2) is 17.4 Å². The first-order valence-electron chi connectivity index (χ1n) is 5.74. The number of rotatable bonds is 0. The first-order valence-corrected chi connectivity index (χ1v) is 5.74. The first-order chi connectivity index (χ1) is 8.16. The number of amides is 1. The van der Waals surface area contributed by atoms with Crippen LogP contribution in [-0.2, 0) is 11.2 Å². The van der Waals surface area contributed by atoms with Gasteiger partial charge in [-0.2, -0.15) is 0 Å². The van der Waals surface area contributed by atoms with Crippen molar-refractivity contribution in [1.82, 2.24) is 10.3 Å². The molecule has 2 aromatic rings. The van der Waals surface area contributed by atoms with Crippen LogP contribution in [0.15, 0.2) is 18.2 Å². The van der Waals surface area contributed by atoms with E-state index in [2.05, 4.69) is 10.3 Å². The van der Waals surface area contributed by atoms with Crippen LogP contribution < -0.4 is 5.32 Å². The van der Waals surface area contributed by atoms with E-state index in [0.29, 0.717) is 6.54 Å². The highest BCUT2D eigenvalue weighted by atomic mass is 19.1. The van der Waals surface area contributed by atoms with Crippen molar-refractivity contribution in [3.05, 3.63) is 35.3 Å². The molecule has 88 valence electrons. The molecule has 2 heterocycles. The van der Waals surface area contributed by atoms with E-state index in [4.69, 9.17) is 0 Å².